The van der Waals surface area contributed by atoms with Crippen molar-refractivity contribution in [3.8, 4) is 0 Å². The Hall–Kier alpha value is -0.0800. The lowest BCUT2D eigenvalue weighted by Crippen LogP contribution is -2.37. The Kier molecular flexibility index (Phi) is 5.51. The molecule has 0 saturated carbocycles. The summed E-state index contributed by atoms with van der Waals surface area (Å²) in [5.74, 6) is 0. The van der Waals surface area contributed by atoms with Gasteiger partial charge in [-0.15, -0.1) is 0 Å². The average molecular weight is 172 g/mol. The van der Waals surface area contributed by atoms with Gasteiger partial charge in [0.2, 0.25) is 0 Å². The van der Waals surface area contributed by atoms with Gasteiger partial charge in [0.15, 0.2) is 0 Å². The predicted octanol–water partition coefficient (Wildman–Crippen LogP) is 1.67. The normalized spacial score (nSPS) is 12.5. The molecule has 0 aromatic carbocycles. The van der Waals surface area contributed by atoms with Crippen molar-refractivity contribution >= 4 is 0 Å². The molecule has 0 bridgehead atoms. The van der Waals surface area contributed by atoms with E-state index in [1.807, 2.05) is 0 Å². The lowest BCUT2D eigenvalue weighted by molar-refractivity contribution is 0.202. The summed E-state index contributed by atoms with van der Waals surface area (Å²) in [4.78, 5) is 4.75. The third-order valence-electron chi connectivity index (χ3n) is 2.57. The van der Waals surface area contributed by atoms with Crippen LogP contribution < -0.4 is 0 Å². The van der Waals surface area contributed by atoms with Crippen molar-refractivity contribution in [1.82, 2.24) is 9.80 Å². The Morgan fingerprint density at radius 2 is 1.00 bits per heavy atom. The molecule has 0 spiro atoms. The fourth-order valence-corrected chi connectivity index (χ4v) is 0.832. The minimum atomic E-state index is 0.658. The zero-order chi connectivity index (χ0) is 9.72. The Labute approximate surface area is 77.5 Å². The van der Waals surface area contributed by atoms with Crippen LogP contribution in [0.5, 0.6) is 0 Å². The SMILES string of the molecule is CC(C)N(C)CCN(C)C(C)C. The smallest absolute Gasteiger partial charge is 0.0109 e. The van der Waals surface area contributed by atoms with Gasteiger partial charge in [-0.1, -0.05) is 0 Å². The van der Waals surface area contributed by atoms with Gasteiger partial charge in [-0.05, 0) is 41.8 Å². The summed E-state index contributed by atoms with van der Waals surface area (Å²) < 4.78 is 0. The largest absolute Gasteiger partial charge is 0.303 e. The topological polar surface area (TPSA) is 6.48 Å². The van der Waals surface area contributed by atoms with E-state index in [9.17, 15) is 0 Å². The van der Waals surface area contributed by atoms with E-state index in [2.05, 4.69) is 51.6 Å². The average Bonchev–Trinajstić information content (AvgIpc) is 1.98. The molecule has 2 nitrogen and oxygen atoms in total. The molecule has 12 heavy (non-hydrogen) atoms. The molecule has 0 aliphatic carbocycles. The first-order chi connectivity index (χ1) is 5.45. The summed E-state index contributed by atoms with van der Waals surface area (Å²) in [7, 11) is 4.36. The summed E-state index contributed by atoms with van der Waals surface area (Å²) in [6.45, 7) is 11.2. The molecule has 0 unspecified atom stereocenters. The molecule has 0 N–H and O–H groups in total. The van der Waals surface area contributed by atoms with Crippen LogP contribution in [0.4, 0.5) is 0 Å². The van der Waals surface area contributed by atoms with Crippen LogP contribution in [0, 0.1) is 0 Å². The second kappa shape index (κ2) is 5.55. The van der Waals surface area contributed by atoms with Crippen LogP contribution >= 0.6 is 0 Å². The van der Waals surface area contributed by atoms with Crippen molar-refractivity contribution in [2.75, 3.05) is 27.2 Å². The number of rotatable bonds is 5. The van der Waals surface area contributed by atoms with E-state index < -0.39 is 0 Å². The molecule has 0 atom stereocenters. The maximum absolute atomic E-state index is 2.37. The minimum absolute atomic E-state index is 0.658. The zero-order valence-electron chi connectivity index (χ0n) is 9.46. The minimum Gasteiger partial charge on any atom is -0.303 e. The molecule has 0 aliphatic rings. The third kappa shape index (κ3) is 4.73. The predicted molar refractivity (Wildman–Crippen MR) is 55.5 cm³/mol. The Bertz CT molecular complexity index is 96.4. The van der Waals surface area contributed by atoms with Gasteiger partial charge in [0, 0.05) is 25.2 Å². The molecule has 0 saturated heterocycles. The van der Waals surface area contributed by atoms with Gasteiger partial charge in [-0.25, -0.2) is 0 Å². The van der Waals surface area contributed by atoms with E-state index in [4.69, 9.17) is 0 Å². The van der Waals surface area contributed by atoms with Crippen molar-refractivity contribution in [1.29, 1.82) is 0 Å². The molecule has 0 radical (unpaired) electrons. The Morgan fingerprint density at radius 1 is 0.750 bits per heavy atom. The monoisotopic (exact) mass is 172 g/mol. The number of likely N-dealkylation sites (N-methyl/N-ethyl adjacent to an activating group) is 2. The number of hydrogen-bond donors (Lipinski definition) is 0. The van der Waals surface area contributed by atoms with E-state index in [-0.39, 0.29) is 0 Å². The van der Waals surface area contributed by atoms with Crippen LogP contribution in [0.3, 0.4) is 0 Å². The van der Waals surface area contributed by atoms with Gasteiger partial charge in [0.05, 0.1) is 0 Å². The van der Waals surface area contributed by atoms with Crippen molar-refractivity contribution in [3.05, 3.63) is 0 Å². The highest BCUT2D eigenvalue weighted by Crippen LogP contribution is 1.96. The molecule has 0 fully saturated rings. The number of hydrogen-bond acceptors (Lipinski definition) is 2. The molecule has 0 aromatic heterocycles. The lowest BCUT2D eigenvalue weighted by atomic mass is 10.3. The molecule has 0 aliphatic heterocycles. The molecule has 0 heterocycles. The van der Waals surface area contributed by atoms with Crippen molar-refractivity contribution in [3.63, 3.8) is 0 Å². The van der Waals surface area contributed by atoms with E-state index in [0.717, 1.165) is 13.1 Å². The van der Waals surface area contributed by atoms with Crippen molar-refractivity contribution < 1.29 is 0 Å². The molecular weight excluding hydrogens is 148 g/mol. The van der Waals surface area contributed by atoms with Crippen LogP contribution in [-0.2, 0) is 0 Å². The van der Waals surface area contributed by atoms with Crippen LogP contribution in [0.15, 0.2) is 0 Å². The molecule has 0 aromatic rings. The maximum atomic E-state index is 2.37. The second-order valence-electron chi connectivity index (χ2n) is 4.15. The zero-order valence-corrected chi connectivity index (χ0v) is 9.46. The third-order valence-corrected chi connectivity index (χ3v) is 2.57. The van der Waals surface area contributed by atoms with E-state index in [1.54, 1.807) is 0 Å². The summed E-state index contributed by atoms with van der Waals surface area (Å²) in [6, 6.07) is 1.32. The summed E-state index contributed by atoms with van der Waals surface area (Å²) in [5.41, 5.74) is 0. The summed E-state index contributed by atoms with van der Waals surface area (Å²) in [6.07, 6.45) is 0. The van der Waals surface area contributed by atoms with Gasteiger partial charge in [0.25, 0.3) is 0 Å². The van der Waals surface area contributed by atoms with Gasteiger partial charge in [-0.2, -0.15) is 0 Å². The van der Waals surface area contributed by atoms with Gasteiger partial charge >= 0.3 is 0 Å². The van der Waals surface area contributed by atoms with E-state index in [1.165, 1.54) is 0 Å². The number of nitrogens with zero attached hydrogens (tertiary/aromatic N) is 2. The fraction of sp³-hybridized carbons (Fsp3) is 1.00. The first kappa shape index (κ1) is 11.9. The van der Waals surface area contributed by atoms with Gasteiger partial charge < -0.3 is 9.80 Å². The molecule has 0 rings (SSSR count). The highest BCUT2D eigenvalue weighted by Gasteiger charge is 2.06. The van der Waals surface area contributed by atoms with Gasteiger partial charge in [0.1, 0.15) is 0 Å². The fourth-order valence-electron chi connectivity index (χ4n) is 0.832. The molecule has 74 valence electrons. The Morgan fingerprint density at radius 3 is 1.17 bits per heavy atom. The highest BCUT2D eigenvalue weighted by molar-refractivity contribution is 4.62. The standard InChI is InChI=1S/C10H24N2/c1-9(2)11(5)7-8-12(6)10(3)4/h9-10H,7-8H2,1-6H3. The molecular formula is C10H24N2. The van der Waals surface area contributed by atoms with E-state index in [0.29, 0.717) is 12.1 Å². The first-order valence-electron chi connectivity index (χ1n) is 4.85. The molecule has 2 heteroatoms. The van der Waals surface area contributed by atoms with Gasteiger partial charge in [-0.3, -0.25) is 0 Å². The highest BCUT2D eigenvalue weighted by atomic mass is 15.2. The van der Waals surface area contributed by atoms with Crippen LogP contribution in [0.1, 0.15) is 27.7 Å². The van der Waals surface area contributed by atoms with Crippen LogP contribution in [-0.4, -0.2) is 49.1 Å². The summed E-state index contributed by atoms with van der Waals surface area (Å²) in [5, 5.41) is 0. The lowest BCUT2D eigenvalue weighted by Gasteiger charge is -2.26. The molecule has 0 amide bonds. The second-order valence-corrected chi connectivity index (χ2v) is 4.15. The summed E-state index contributed by atoms with van der Waals surface area (Å²) >= 11 is 0. The van der Waals surface area contributed by atoms with E-state index >= 15 is 0 Å². The van der Waals surface area contributed by atoms with Crippen molar-refractivity contribution in [2.24, 2.45) is 0 Å². The van der Waals surface area contributed by atoms with Crippen molar-refractivity contribution in [2.45, 2.75) is 39.8 Å². The Balaban J connectivity index is 3.54. The first-order valence-corrected chi connectivity index (χ1v) is 4.85. The van der Waals surface area contributed by atoms with Crippen LogP contribution in [0.2, 0.25) is 0 Å². The maximum Gasteiger partial charge on any atom is 0.0109 e. The van der Waals surface area contributed by atoms with Crippen LogP contribution in [0.25, 0.3) is 0 Å². The quantitative estimate of drug-likeness (QED) is 0.622.